The van der Waals surface area contributed by atoms with Crippen LogP contribution in [0.15, 0.2) is 65.8 Å². The van der Waals surface area contributed by atoms with Crippen LogP contribution in [0.2, 0.25) is 0 Å². The van der Waals surface area contributed by atoms with Gasteiger partial charge in [-0.05, 0) is 64.3 Å². The molecule has 2 aromatic carbocycles. The summed E-state index contributed by atoms with van der Waals surface area (Å²) < 4.78 is 11.3. The molecule has 0 bridgehead atoms. The van der Waals surface area contributed by atoms with Crippen molar-refractivity contribution in [2.24, 2.45) is 5.16 Å². The topological polar surface area (TPSA) is 40.0 Å². The van der Waals surface area contributed by atoms with Gasteiger partial charge in [0.05, 0.1) is 18.9 Å². The second kappa shape index (κ2) is 11.4. The van der Waals surface area contributed by atoms with Crippen molar-refractivity contribution in [3.63, 3.8) is 0 Å². The molecular formula is C25H33NO3. The lowest BCUT2D eigenvalue weighted by Gasteiger charge is -2.15. The van der Waals surface area contributed by atoms with Gasteiger partial charge >= 0.3 is 0 Å². The van der Waals surface area contributed by atoms with E-state index in [4.69, 9.17) is 14.3 Å². The maximum atomic E-state index is 5.78. The van der Waals surface area contributed by atoms with Crippen molar-refractivity contribution in [1.29, 1.82) is 0 Å². The average molecular weight is 396 g/mol. The molecule has 0 spiro atoms. The molecule has 0 saturated heterocycles. The minimum absolute atomic E-state index is 0.278. The lowest BCUT2D eigenvalue weighted by molar-refractivity contribution is 0.00199. The third-order valence-corrected chi connectivity index (χ3v) is 3.89. The molecule has 0 heterocycles. The molecule has 0 fully saturated rings. The lowest BCUT2D eigenvalue weighted by Crippen LogP contribution is -2.15. The number of hydrogen-bond acceptors (Lipinski definition) is 4. The van der Waals surface area contributed by atoms with Crippen LogP contribution in [0.4, 0.5) is 0 Å². The van der Waals surface area contributed by atoms with Crippen molar-refractivity contribution in [3.05, 3.63) is 66.2 Å². The lowest BCUT2D eigenvalue weighted by atomic mass is 10.0. The van der Waals surface area contributed by atoms with E-state index in [-0.39, 0.29) is 11.7 Å². The molecule has 0 N–H and O–H groups in total. The van der Waals surface area contributed by atoms with E-state index in [1.165, 1.54) is 0 Å². The molecule has 2 rings (SSSR count). The second-order valence-electron chi connectivity index (χ2n) is 8.04. The summed E-state index contributed by atoms with van der Waals surface area (Å²) >= 11 is 0. The van der Waals surface area contributed by atoms with Crippen molar-refractivity contribution in [1.82, 2.24) is 0 Å². The molecule has 0 unspecified atom stereocenters. The summed E-state index contributed by atoms with van der Waals surface area (Å²) in [5.74, 6) is 0.846. The van der Waals surface area contributed by atoms with Crippen molar-refractivity contribution in [2.75, 3.05) is 13.2 Å². The van der Waals surface area contributed by atoms with E-state index in [0.29, 0.717) is 6.61 Å². The summed E-state index contributed by atoms with van der Waals surface area (Å²) in [6, 6.07) is 16.2. The zero-order chi connectivity index (χ0) is 21.1. The largest absolute Gasteiger partial charge is 0.490 e. The quantitative estimate of drug-likeness (QED) is 0.206. The van der Waals surface area contributed by atoms with Gasteiger partial charge in [-0.15, -0.1) is 0 Å². The highest BCUT2D eigenvalue weighted by atomic mass is 16.6. The fraction of sp³-hybridized carbons (Fsp3) is 0.400. The highest BCUT2D eigenvalue weighted by Gasteiger charge is 2.10. The zero-order valence-corrected chi connectivity index (χ0v) is 18.2. The average Bonchev–Trinajstić information content (AvgIpc) is 2.67. The Balaban J connectivity index is 1.92. The van der Waals surface area contributed by atoms with Gasteiger partial charge in [-0.1, -0.05) is 53.7 Å². The van der Waals surface area contributed by atoms with Crippen molar-refractivity contribution >= 4 is 6.21 Å². The summed E-state index contributed by atoms with van der Waals surface area (Å²) in [5.41, 5.74) is 2.92. The normalized spacial score (nSPS) is 12.2. The summed E-state index contributed by atoms with van der Waals surface area (Å²) in [6.45, 7) is 11.3. The first kappa shape index (κ1) is 22.7. The monoisotopic (exact) mass is 395 g/mol. The third-order valence-electron chi connectivity index (χ3n) is 3.89. The van der Waals surface area contributed by atoms with Crippen molar-refractivity contribution in [2.45, 2.75) is 52.7 Å². The Morgan fingerprint density at radius 2 is 1.69 bits per heavy atom. The Kier molecular flexibility index (Phi) is 8.94. The predicted molar refractivity (Wildman–Crippen MR) is 121 cm³/mol. The fourth-order valence-corrected chi connectivity index (χ4v) is 2.55. The number of nitrogens with zero attached hydrogens (tertiary/aromatic N) is 1. The summed E-state index contributed by atoms with van der Waals surface area (Å²) in [5, 5.41) is 4.13. The van der Waals surface area contributed by atoms with Gasteiger partial charge in [0.1, 0.15) is 18.0 Å². The zero-order valence-electron chi connectivity index (χ0n) is 18.2. The van der Waals surface area contributed by atoms with E-state index in [9.17, 15) is 0 Å². The number of rotatable bonds is 10. The molecule has 0 radical (unpaired) electrons. The standard InChI is InChI=1S/C25H33NO3/c1-20(2)27-17-9-6-10-18-28-23-15-13-21(14-16-23)24-12-8-7-11-22(24)19-26-29-25(3,4)5/h6-8,10-16,19-20H,9,17-18H2,1-5H3/b10-6-,26-19+. The van der Waals surface area contributed by atoms with E-state index in [1.54, 1.807) is 6.21 Å². The first-order chi connectivity index (χ1) is 13.8. The molecular weight excluding hydrogens is 362 g/mol. The van der Waals surface area contributed by atoms with Gasteiger partial charge in [0.25, 0.3) is 0 Å². The van der Waals surface area contributed by atoms with E-state index in [0.717, 1.165) is 35.5 Å². The van der Waals surface area contributed by atoms with Gasteiger partial charge in [0.15, 0.2) is 0 Å². The second-order valence-corrected chi connectivity index (χ2v) is 8.04. The van der Waals surface area contributed by atoms with Gasteiger partial charge < -0.3 is 14.3 Å². The van der Waals surface area contributed by atoms with Gasteiger partial charge in [-0.25, -0.2) is 0 Å². The van der Waals surface area contributed by atoms with Crippen LogP contribution in [0.25, 0.3) is 11.1 Å². The Hall–Kier alpha value is -2.59. The predicted octanol–water partition coefficient (Wildman–Crippen LogP) is 6.25. The van der Waals surface area contributed by atoms with Gasteiger partial charge in [0, 0.05) is 5.56 Å². The Labute approximate surface area is 175 Å². The van der Waals surface area contributed by atoms with E-state index in [2.05, 4.69) is 29.4 Å². The summed E-state index contributed by atoms with van der Waals surface area (Å²) in [6.07, 6.45) is 7.06. The van der Waals surface area contributed by atoms with E-state index >= 15 is 0 Å². The van der Waals surface area contributed by atoms with E-state index < -0.39 is 0 Å². The maximum Gasteiger partial charge on any atom is 0.129 e. The number of hydrogen-bond donors (Lipinski definition) is 0. The molecule has 0 atom stereocenters. The first-order valence-electron chi connectivity index (χ1n) is 10.2. The molecule has 0 aliphatic heterocycles. The number of ether oxygens (including phenoxy) is 2. The molecule has 2 aromatic rings. The molecule has 29 heavy (non-hydrogen) atoms. The maximum absolute atomic E-state index is 5.78. The van der Waals surface area contributed by atoms with Crippen LogP contribution in [0.1, 0.15) is 46.6 Å². The Morgan fingerprint density at radius 3 is 2.38 bits per heavy atom. The molecule has 0 aliphatic rings. The van der Waals surface area contributed by atoms with Crippen LogP contribution in [-0.4, -0.2) is 31.1 Å². The minimum atomic E-state index is -0.305. The number of benzene rings is 2. The molecule has 4 heteroatoms. The molecule has 4 nitrogen and oxygen atoms in total. The van der Waals surface area contributed by atoms with Crippen LogP contribution in [0.3, 0.4) is 0 Å². The van der Waals surface area contributed by atoms with E-state index in [1.807, 2.05) is 71.0 Å². The highest BCUT2D eigenvalue weighted by Crippen LogP contribution is 2.25. The summed E-state index contributed by atoms with van der Waals surface area (Å²) in [4.78, 5) is 5.47. The smallest absolute Gasteiger partial charge is 0.129 e. The molecule has 0 aromatic heterocycles. The Bertz CT molecular complexity index is 786. The van der Waals surface area contributed by atoms with Crippen LogP contribution >= 0.6 is 0 Å². The highest BCUT2D eigenvalue weighted by molar-refractivity contribution is 5.90. The van der Waals surface area contributed by atoms with Crippen LogP contribution in [-0.2, 0) is 9.57 Å². The van der Waals surface area contributed by atoms with Crippen LogP contribution < -0.4 is 4.74 Å². The third kappa shape index (κ3) is 8.97. The van der Waals surface area contributed by atoms with Crippen molar-refractivity contribution < 1.29 is 14.3 Å². The van der Waals surface area contributed by atoms with Crippen molar-refractivity contribution in [3.8, 4) is 16.9 Å². The minimum Gasteiger partial charge on any atom is -0.490 e. The fourth-order valence-electron chi connectivity index (χ4n) is 2.55. The Morgan fingerprint density at radius 1 is 0.966 bits per heavy atom. The first-order valence-corrected chi connectivity index (χ1v) is 10.2. The van der Waals surface area contributed by atoms with Crippen LogP contribution in [0, 0.1) is 0 Å². The van der Waals surface area contributed by atoms with Gasteiger partial charge in [-0.2, -0.15) is 0 Å². The molecule has 0 saturated carbocycles. The number of oxime groups is 1. The van der Waals surface area contributed by atoms with Gasteiger partial charge in [-0.3, -0.25) is 0 Å². The SMILES string of the molecule is CC(C)OCC/C=C\COc1ccc(-c2ccccc2/C=N/OC(C)(C)C)cc1. The molecule has 156 valence electrons. The molecule has 0 amide bonds. The summed E-state index contributed by atoms with van der Waals surface area (Å²) in [7, 11) is 0. The molecule has 0 aliphatic carbocycles. The van der Waals surface area contributed by atoms with Crippen LogP contribution in [0.5, 0.6) is 5.75 Å². The van der Waals surface area contributed by atoms with Gasteiger partial charge in [0.2, 0.25) is 0 Å².